The molecule has 56 valence electrons. The van der Waals surface area contributed by atoms with Crippen LogP contribution in [0.4, 0.5) is 4.39 Å². The molecule has 0 saturated heterocycles. The fraction of sp³-hybridized carbons (Fsp3) is 0.500. The van der Waals surface area contributed by atoms with Gasteiger partial charge in [-0.05, 0) is 12.0 Å². The second-order valence-electron chi connectivity index (χ2n) is 2.70. The predicted molar refractivity (Wildman–Crippen MR) is 41.5 cm³/mol. The van der Waals surface area contributed by atoms with Gasteiger partial charge in [0.25, 0.3) is 0 Å². The van der Waals surface area contributed by atoms with E-state index < -0.39 is 0 Å². The van der Waals surface area contributed by atoms with E-state index >= 15 is 0 Å². The summed E-state index contributed by atoms with van der Waals surface area (Å²) < 4.78 is 12.7. The van der Waals surface area contributed by atoms with Crippen LogP contribution in [-0.4, -0.2) is 0 Å². The minimum atomic E-state index is -0.285. The van der Waals surface area contributed by atoms with Gasteiger partial charge in [0, 0.05) is 5.92 Å². The van der Waals surface area contributed by atoms with Gasteiger partial charge < -0.3 is 0 Å². The molecule has 0 nitrogen and oxygen atoms in total. The van der Waals surface area contributed by atoms with E-state index in [2.05, 4.69) is 0 Å². The van der Waals surface area contributed by atoms with Crippen LogP contribution < -0.4 is 0 Å². The Morgan fingerprint density at radius 2 is 2.10 bits per heavy atom. The molecule has 0 radical (unpaired) electrons. The number of halogens is 2. The maximum atomic E-state index is 12.7. The molecule has 1 aliphatic carbocycles. The largest absolute Gasteiger partial charge is 0.206 e. The summed E-state index contributed by atoms with van der Waals surface area (Å²) >= 11 is 5.67. The molecule has 0 aromatic carbocycles. The van der Waals surface area contributed by atoms with Crippen LogP contribution in [-0.2, 0) is 0 Å². The van der Waals surface area contributed by atoms with Gasteiger partial charge >= 0.3 is 0 Å². The number of allylic oxidation sites excluding steroid dienone is 4. The van der Waals surface area contributed by atoms with Crippen LogP contribution in [0.2, 0.25) is 0 Å². The molecule has 0 aromatic heterocycles. The lowest BCUT2D eigenvalue weighted by molar-refractivity contribution is 0.509. The smallest absolute Gasteiger partial charge is 0.137 e. The van der Waals surface area contributed by atoms with E-state index in [1.54, 1.807) is 0 Å². The SMILES string of the molecule is CC1C=CC(F)=C(Cl)C1C. The lowest BCUT2D eigenvalue weighted by Gasteiger charge is -2.19. The Hall–Kier alpha value is -0.300. The lowest BCUT2D eigenvalue weighted by Crippen LogP contribution is -2.09. The van der Waals surface area contributed by atoms with Crippen molar-refractivity contribution < 1.29 is 4.39 Å². The molecule has 0 N–H and O–H groups in total. The van der Waals surface area contributed by atoms with Gasteiger partial charge in [0.2, 0.25) is 0 Å². The summed E-state index contributed by atoms with van der Waals surface area (Å²) in [6.07, 6.45) is 3.28. The summed E-state index contributed by atoms with van der Waals surface area (Å²) in [5.74, 6) is 0.200. The van der Waals surface area contributed by atoms with Gasteiger partial charge in [-0.25, -0.2) is 4.39 Å². The van der Waals surface area contributed by atoms with Crippen LogP contribution in [0, 0.1) is 11.8 Å². The molecule has 0 amide bonds. The zero-order valence-electron chi connectivity index (χ0n) is 6.07. The molecule has 1 rings (SSSR count). The molecule has 2 unspecified atom stereocenters. The Labute approximate surface area is 65.4 Å². The third kappa shape index (κ3) is 1.24. The van der Waals surface area contributed by atoms with E-state index in [4.69, 9.17) is 11.6 Å². The zero-order chi connectivity index (χ0) is 7.72. The highest BCUT2D eigenvalue weighted by atomic mass is 35.5. The molecule has 2 heteroatoms. The summed E-state index contributed by atoms with van der Waals surface area (Å²) in [5, 5.41) is 0.356. The van der Waals surface area contributed by atoms with Gasteiger partial charge in [-0.1, -0.05) is 31.5 Å². The van der Waals surface area contributed by atoms with E-state index in [9.17, 15) is 4.39 Å². The Balaban J connectivity index is 2.88. The van der Waals surface area contributed by atoms with Crippen molar-refractivity contribution in [2.45, 2.75) is 13.8 Å². The molecule has 2 atom stereocenters. The molecule has 0 heterocycles. The summed E-state index contributed by atoms with van der Waals surface area (Å²) in [6.45, 7) is 3.95. The zero-order valence-corrected chi connectivity index (χ0v) is 6.82. The van der Waals surface area contributed by atoms with E-state index in [0.29, 0.717) is 11.0 Å². The highest BCUT2D eigenvalue weighted by Crippen LogP contribution is 2.32. The second kappa shape index (κ2) is 2.75. The van der Waals surface area contributed by atoms with Gasteiger partial charge in [0.05, 0.1) is 5.03 Å². The Bertz CT molecular complexity index is 193. The Morgan fingerprint density at radius 3 is 2.60 bits per heavy atom. The van der Waals surface area contributed by atoms with Gasteiger partial charge in [-0.2, -0.15) is 0 Å². The van der Waals surface area contributed by atoms with Crippen molar-refractivity contribution in [3.05, 3.63) is 23.0 Å². The Kier molecular flexibility index (Phi) is 2.14. The number of rotatable bonds is 0. The Morgan fingerprint density at radius 1 is 1.50 bits per heavy atom. The molecular weight excluding hydrogens is 151 g/mol. The normalized spacial score (nSPS) is 33.2. The van der Waals surface area contributed by atoms with Crippen molar-refractivity contribution >= 4 is 11.6 Å². The van der Waals surface area contributed by atoms with Crippen molar-refractivity contribution in [3.8, 4) is 0 Å². The summed E-state index contributed by atoms with van der Waals surface area (Å²) in [6, 6.07) is 0. The van der Waals surface area contributed by atoms with E-state index in [0.717, 1.165) is 0 Å². The average molecular weight is 161 g/mol. The van der Waals surface area contributed by atoms with Crippen molar-refractivity contribution in [2.24, 2.45) is 11.8 Å². The molecule has 0 saturated carbocycles. The number of hydrogen-bond donors (Lipinski definition) is 0. The molecule has 0 aromatic rings. The van der Waals surface area contributed by atoms with Crippen LogP contribution in [0.15, 0.2) is 23.0 Å². The van der Waals surface area contributed by atoms with Crippen molar-refractivity contribution in [1.29, 1.82) is 0 Å². The summed E-state index contributed by atoms with van der Waals surface area (Å²) in [4.78, 5) is 0. The van der Waals surface area contributed by atoms with Crippen LogP contribution >= 0.6 is 11.6 Å². The summed E-state index contributed by atoms with van der Waals surface area (Å²) in [7, 11) is 0. The molecule has 0 spiro atoms. The van der Waals surface area contributed by atoms with Crippen LogP contribution in [0.3, 0.4) is 0 Å². The van der Waals surface area contributed by atoms with E-state index in [1.807, 2.05) is 19.9 Å². The predicted octanol–water partition coefficient (Wildman–Crippen LogP) is 3.25. The van der Waals surface area contributed by atoms with E-state index in [-0.39, 0.29) is 11.7 Å². The van der Waals surface area contributed by atoms with Crippen LogP contribution in [0.1, 0.15) is 13.8 Å². The minimum Gasteiger partial charge on any atom is -0.206 e. The van der Waals surface area contributed by atoms with E-state index in [1.165, 1.54) is 6.08 Å². The average Bonchev–Trinajstić information content (AvgIpc) is 1.93. The van der Waals surface area contributed by atoms with Crippen LogP contribution in [0.25, 0.3) is 0 Å². The van der Waals surface area contributed by atoms with Crippen molar-refractivity contribution in [1.82, 2.24) is 0 Å². The third-order valence-electron chi connectivity index (χ3n) is 1.96. The maximum Gasteiger partial charge on any atom is 0.137 e. The summed E-state index contributed by atoms with van der Waals surface area (Å²) in [5.41, 5.74) is 0. The first kappa shape index (κ1) is 7.80. The maximum absolute atomic E-state index is 12.7. The quantitative estimate of drug-likeness (QED) is 0.510. The van der Waals surface area contributed by atoms with Gasteiger partial charge in [-0.15, -0.1) is 0 Å². The van der Waals surface area contributed by atoms with Crippen molar-refractivity contribution in [2.75, 3.05) is 0 Å². The monoisotopic (exact) mass is 160 g/mol. The standard InChI is InChI=1S/C8H10ClF/c1-5-3-4-7(10)8(9)6(5)2/h3-6H,1-2H3. The molecule has 0 aliphatic heterocycles. The fourth-order valence-corrected chi connectivity index (χ4v) is 1.19. The van der Waals surface area contributed by atoms with Gasteiger partial charge in [-0.3, -0.25) is 0 Å². The molecule has 0 fully saturated rings. The molecule has 0 bridgehead atoms. The van der Waals surface area contributed by atoms with Crippen molar-refractivity contribution in [3.63, 3.8) is 0 Å². The molecule has 10 heavy (non-hydrogen) atoms. The highest BCUT2D eigenvalue weighted by molar-refractivity contribution is 6.30. The molecule has 1 aliphatic rings. The first-order valence-corrected chi connectivity index (χ1v) is 3.74. The third-order valence-corrected chi connectivity index (χ3v) is 2.49. The fourth-order valence-electron chi connectivity index (χ4n) is 0.931. The van der Waals surface area contributed by atoms with Gasteiger partial charge in [0.15, 0.2) is 0 Å². The first-order valence-electron chi connectivity index (χ1n) is 3.36. The topological polar surface area (TPSA) is 0 Å². The van der Waals surface area contributed by atoms with Crippen LogP contribution in [0.5, 0.6) is 0 Å². The second-order valence-corrected chi connectivity index (χ2v) is 3.11. The first-order chi connectivity index (χ1) is 4.63. The molecular formula is C8H10ClF. The number of hydrogen-bond acceptors (Lipinski definition) is 0. The van der Waals surface area contributed by atoms with Gasteiger partial charge in [0.1, 0.15) is 5.83 Å². The highest BCUT2D eigenvalue weighted by Gasteiger charge is 2.19. The lowest BCUT2D eigenvalue weighted by atomic mass is 9.91. The minimum absolute atomic E-state index is 0.131.